The van der Waals surface area contributed by atoms with Crippen LogP contribution in [0, 0.1) is 17.2 Å². The Balaban J connectivity index is 2.02. The van der Waals surface area contributed by atoms with E-state index < -0.39 is 17.5 Å². The first-order valence-electron chi connectivity index (χ1n) is 6.50. The molecular formula is C15H13FN2O2S. The third kappa shape index (κ3) is 2.34. The Bertz CT molecular complexity index is 724. The quantitative estimate of drug-likeness (QED) is 0.860. The number of hydrogen-bond acceptors (Lipinski definition) is 4. The van der Waals surface area contributed by atoms with Crippen molar-refractivity contribution in [3.63, 3.8) is 0 Å². The summed E-state index contributed by atoms with van der Waals surface area (Å²) in [5, 5.41) is 13.2. The lowest BCUT2D eigenvalue weighted by Gasteiger charge is -2.41. The fraction of sp³-hybridized carbons (Fsp3) is 0.333. The van der Waals surface area contributed by atoms with Gasteiger partial charge in [0.1, 0.15) is 22.4 Å². The number of nitrogens with zero attached hydrogens (tertiary/aromatic N) is 1. The van der Waals surface area contributed by atoms with Gasteiger partial charge in [0.25, 0.3) is 0 Å². The van der Waals surface area contributed by atoms with Crippen molar-refractivity contribution in [3.05, 3.63) is 39.5 Å². The van der Waals surface area contributed by atoms with E-state index in [1.807, 2.05) is 5.38 Å². The number of carbonyl (C=O) groups excluding carboxylic acids is 1. The SMILES string of the molecule is CC1(C)OC(=O)NC2=C(F)C=C(c3csc(C#N)c3)CC21. The van der Waals surface area contributed by atoms with E-state index in [1.54, 1.807) is 19.9 Å². The van der Waals surface area contributed by atoms with Crippen LogP contribution in [-0.2, 0) is 4.74 Å². The summed E-state index contributed by atoms with van der Waals surface area (Å²) in [5.41, 5.74) is 1.17. The van der Waals surface area contributed by atoms with E-state index in [0.29, 0.717) is 11.3 Å². The van der Waals surface area contributed by atoms with E-state index in [4.69, 9.17) is 10.00 Å². The minimum absolute atomic E-state index is 0.263. The molecule has 0 saturated carbocycles. The largest absolute Gasteiger partial charge is 0.443 e. The highest BCUT2D eigenvalue weighted by Gasteiger charge is 2.44. The molecule has 1 saturated heterocycles. The Hall–Kier alpha value is -2.13. The second-order valence-corrected chi connectivity index (χ2v) is 6.53. The Morgan fingerprint density at radius 3 is 3.00 bits per heavy atom. The first-order chi connectivity index (χ1) is 9.90. The zero-order valence-electron chi connectivity index (χ0n) is 11.6. The Kier molecular flexibility index (Phi) is 3.10. The van der Waals surface area contributed by atoms with Crippen LogP contribution in [0.4, 0.5) is 9.18 Å². The van der Waals surface area contributed by atoms with E-state index in [9.17, 15) is 9.18 Å². The summed E-state index contributed by atoms with van der Waals surface area (Å²) in [7, 11) is 0. The molecule has 2 aliphatic rings. The van der Waals surface area contributed by atoms with Gasteiger partial charge in [0.15, 0.2) is 0 Å². The van der Waals surface area contributed by atoms with Crippen LogP contribution >= 0.6 is 11.3 Å². The monoisotopic (exact) mass is 304 g/mol. The molecule has 1 fully saturated rings. The van der Waals surface area contributed by atoms with Crippen LogP contribution in [0.2, 0.25) is 0 Å². The number of fused-ring (bicyclic) bond motifs is 1. The molecule has 0 aromatic carbocycles. The lowest BCUT2D eigenvalue weighted by atomic mass is 9.77. The van der Waals surface area contributed by atoms with Crippen molar-refractivity contribution in [2.45, 2.75) is 25.9 Å². The van der Waals surface area contributed by atoms with Gasteiger partial charge in [0, 0.05) is 5.92 Å². The normalized spacial score (nSPS) is 23.6. The second kappa shape index (κ2) is 4.71. The van der Waals surface area contributed by atoms with E-state index in [2.05, 4.69) is 11.4 Å². The maximum atomic E-state index is 14.3. The predicted molar refractivity (Wildman–Crippen MR) is 76.9 cm³/mol. The molecule has 1 aliphatic carbocycles. The Labute approximate surface area is 125 Å². The summed E-state index contributed by atoms with van der Waals surface area (Å²) in [6, 6.07) is 3.83. The molecule has 21 heavy (non-hydrogen) atoms. The molecule has 1 N–H and O–H groups in total. The third-order valence-corrected chi connectivity index (χ3v) is 4.68. The summed E-state index contributed by atoms with van der Waals surface area (Å²) in [4.78, 5) is 12.1. The van der Waals surface area contributed by atoms with Crippen LogP contribution in [0.5, 0.6) is 0 Å². The number of carbonyl (C=O) groups is 1. The number of hydrogen-bond donors (Lipinski definition) is 1. The van der Waals surface area contributed by atoms with Crippen LogP contribution in [0.3, 0.4) is 0 Å². The van der Waals surface area contributed by atoms with Crippen LogP contribution < -0.4 is 5.32 Å². The van der Waals surface area contributed by atoms with Crippen molar-refractivity contribution in [2.75, 3.05) is 0 Å². The smallest absolute Gasteiger partial charge is 0.412 e. The van der Waals surface area contributed by atoms with Gasteiger partial charge in [-0.05, 0) is 48.9 Å². The van der Waals surface area contributed by atoms with Crippen LogP contribution in [0.1, 0.15) is 30.7 Å². The number of halogens is 1. The minimum Gasteiger partial charge on any atom is -0.443 e. The van der Waals surface area contributed by atoms with Crippen molar-refractivity contribution in [2.24, 2.45) is 5.92 Å². The topological polar surface area (TPSA) is 62.1 Å². The van der Waals surface area contributed by atoms with Gasteiger partial charge in [0.05, 0.1) is 5.70 Å². The average molecular weight is 304 g/mol. The number of nitrogens with one attached hydrogen (secondary N) is 1. The maximum Gasteiger partial charge on any atom is 0.412 e. The number of allylic oxidation sites excluding steroid dienone is 3. The fourth-order valence-electron chi connectivity index (χ4n) is 2.73. The molecule has 4 nitrogen and oxygen atoms in total. The number of cyclic esters (lactones) is 1. The zero-order valence-corrected chi connectivity index (χ0v) is 12.4. The Morgan fingerprint density at radius 1 is 1.57 bits per heavy atom. The number of nitriles is 1. The average Bonchev–Trinajstić information content (AvgIpc) is 2.87. The molecule has 0 bridgehead atoms. The van der Waals surface area contributed by atoms with Gasteiger partial charge < -0.3 is 4.74 Å². The van der Waals surface area contributed by atoms with E-state index in [1.165, 1.54) is 17.4 Å². The summed E-state index contributed by atoms with van der Waals surface area (Å²) in [5.74, 6) is -0.712. The number of rotatable bonds is 1. The predicted octanol–water partition coefficient (Wildman–Crippen LogP) is 3.72. The molecule has 1 aromatic rings. The highest BCUT2D eigenvalue weighted by atomic mass is 32.1. The highest BCUT2D eigenvalue weighted by molar-refractivity contribution is 7.10. The first kappa shape index (κ1) is 13.8. The summed E-state index contributed by atoms with van der Waals surface area (Å²) < 4.78 is 19.6. The van der Waals surface area contributed by atoms with Gasteiger partial charge >= 0.3 is 6.09 Å². The molecule has 1 aliphatic heterocycles. The molecule has 1 atom stereocenters. The Morgan fingerprint density at radius 2 is 2.33 bits per heavy atom. The van der Waals surface area contributed by atoms with E-state index in [-0.39, 0.29) is 11.6 Å². The van der Waals surface area contributed by atoms with Gasteiger partial charge in [-0.1, -0.05) is 0 Å². The number of thiophene rings is 1. The molecule has 1 unspecified atom stereocenters. The summed E-state index contributed by atoms with van der Waals surface area (Å²) in [6.07, 6.45) is 1.36. The van der Waals surface area contributed by atoms with Crippen molar-refractivity contribution in [1.82, 2.24) is 5.32 Å². The van der Waals surface area contributed by atoms with Gasteiger partial charge in [-0.2, -0.15) is 5.26 Å². The maximum absolute atomic E-state index is 14.3. The molecule has 0 spiro atoms. The number of ether oxygens (including phenoxy) is 1. The van der Waals surface area contributed by atoms with E-state index in [0.717, 1.165) is 11.1 Å². The van der Waals surface area contributed by atoms with Crippen molar-refractivity contribution in [3.8, 4) is 6.07 Å². The molecule has 6 heteroatoms. The van der Waals surface area contributed by atoms with Crippen LogP contribution in [0.15, 0.2) is 29.0 Å². The number of amides is 1. The van der Waals surface area contributed by atoms with Gasteiger partial charge in [-0.3, -0.25) is 5.32 Å². The molecule has 108 valence electrons. The zero-order chi connectivity index (χ0) is 15.2. The molecule has 2 heterocycles. The first-order valence-corrected chi connectivity index (χ1v) is 7.38. The summed E-state index contributed by atoms with van der Waals surface area (Å²) in [6.45, 7) is 3.56. The number of alkyl carbamates (subject to hydrolysis) is 1. The minimum atomic E-state index is -0.775. The fourth-order valence-corrected chi connectivity index (χ4v) is 3.45. The van der Waals surface area contributed by atoms with E-state index >= 15 is 0 Å². The van der Waals surface area contributed by atoms with Crippen LogP contribution in [-0.4, -0.2) is 11.7 Å². The summed E-state index contributed by atoms with van der Waals surface area (Å²) >= 11 is 1.33. The van der Waals surface area contributed by atoms with Gasteiger partial charge in [-0.25, -0.2) is 9.18 Å². The van der Waals surface area contributed by atoms with Crippen molar-refractivity contribution in [1.29, 1.82) is 5.26 Å². The molecule has 1 aromatic heterocycles. The highest BCUT2D eigenvalue weighted by Crippen LogP contribution is 2.43. The molecule has 0 radical (unpaired) electrons. The lowest BCUT2D eigenvalue weighted by molar-refractivity contribution is -0.0130. The molecular weight excluding hydrogens is 291 g/mol. The second-order valence-electron chi connectivity index (χ2n) is 5.62. The van der Waals surface area contributed by atoms with Crippen molar-refractivity contribution < 1.29 is 13.9 Å². The molecule has 3 rings (SSSR count). The third-order valence-electron chi connectivity index (χ3n) is 3.84. The standard InChI is InChI=1S/C15H13FN2O2S/c1-15(2)11-4-8(9-3-10(6-17)21-7-9)5-12(16)13(11)18-14(19)20-15/h3,5,7,11H,4H2,1-2H3,(H,18,19). The van der Waals surface area contributed by atoms with Gasteiger partial charge in [-0.15, -0.1) is 11.3 Å². The van der Waals surface area contributed by atoms with Gasteiger partial charge in [0.2, 0.25) is 0 Å². The molecule has 1 amide bonds. The van der Waals surface area contributed by atoms with Crippen molar-refractivity contribution >= 4 is 23.0 Å². The lowest BCUT2D eigenvalue weighted by Crippen LogP contribution is -2.50. The van der Waals surface area contributed by atoms with Crippen LogP contribution in [0.25, 0.3) is 5.57 Å².